The highest BCUT2D eigenvalue weighted by Gasteiger charge is 2.27. The van der Waals surface area contributed by atoms with Gasteiger partial charge in [0.2, 0.25) is 11.8 Å². The smallest absolute Gasteiger partial charge is 0.234 e. The van der Waals surface area contributed by atoms with Gasteiger partial charge in [-0.3, -0.25) is 14.5 Å². The molecular formula is C14H28N4O2. The predicted molar refractivity (Wildman–Crippen MR) is 79.1 cm³/mol. The first kappa shape index (κ1) is 16.9. The number of nitrogens with zero attached hydrogens (tertiary/aromatic N) is 2. The summed E-state index contributed by atoms with van der Waals surface area (Å²) in [7, 11) is 0. The molecule has 0 aliphatic carbocycles. The Morgan fingerprint density at radius 3 is 2.30 bits per heavy atom. The fraction of sp³-hybridized carbons (Fsp3) is 0.857. The fourth-order valence-corrected chi connectivity index (χ4v) is 2.16. The molecule has 0 spiro atoms. The zero-order valence-corrected chi connectivity index (χ0v) is 12.9. The van der Waals surface area contributed by atoms with Gasteiger partial charge in [0.1, 0.15) is 0 Å². The summed E-state index contributed by atoms with van der Waals surface area (Å²) in [5.74, 6) is 0.0417. The molecule has 0 saturated carbocycles. The van der Waals surface area contributed by atoms with E-state index in [0.717, 1.165) is 26.1 Å². The van der Waals surface area contributed by atoms with Crippen molar-refractivity contribution in [2.24, 2.45) is 11.7 Å². The van der Waals surface area contributed by atoms with Gasteiger partial charge in [0.25, 0.3) is 0 Å². The zero-order valence-electron chi connectivity index (χ0n) is 12.9. The Morgan fingerprint density at radius 1 is 1.20 bits per heavy atom. The van der Waals surface area contributed by atoms with Crippen LogP contribution in [0.1, 0.15) is 27.2 Å². The minimum absolute atomic E-state index is 0.0653. The van der Waals surface area contributed by atoms with E-state index in [-0.39, 0.29) is 23.8 Å². The van der Waals surface area contributed by atoms with Crippen molar-refractivity contribution in [1.29, 1.82) is 0 Å². The van der Waals surface area contributed by atoms with Crippen LogP contribution < -0.4 is 11.1 Å². The maximum absolute atomic E-state index is 12.2. The number of nitrogens with two attached hydrogens (primary N) is 1. The number of piperazine rings is 1. The molecule has 1 aliphatic rings. The van der Waals surface area contributed by atoms with Crippen LogP contribution in [0.25, 0.3) is 0 Å². The van der Waals surface area contributed by atoms with Gasteiger partial charge in [0.15, 0.2) is 0 Å². The molecule has 6 nitrogen and oxygen atoms in total. The minimum Gasteiger partial charge on any atom is -0.355 e. The molecule has 0 aromatic carbocycles. The molecule has 6 heteroatoms. The Bertz CT molecular complexity index is 325. The zero-order chi connectivity index (χ0) is 15.1. The quantitative estimate of drug-likeness (QED) is 0.698. The van der Waals surface area contributed by atoms with Gasteiger partial charge in [0, 0.05) is 38.8 Å². The second-order valence-corrected chi connectivity index (χ2v) is 5.60. The number of carbonyl (C=O) groups excluding carboxylic acids is 2. The second kappa shape index (κ2) is 8.21. The molecule has 0 radical (unpaired) electrons. The summed E-state index contributed by atoms with van der Waals surface area (Å²) in [6.07, 6.45) is 0.948. The van der Waals surface area contributed by atoms with E-state index in [4.69, 9.17) is 5.73 Å². The summed E-state index contributed by atoms with van der Waals surface area (Å²) >= 11 is 0. The number of hydrogen-bond acceptors (Lipinski definition) is 4. The molecule has 20 heavy (non-hydrogen) atoms. The average Bonchev–Trinajstić information content (AvgIpc) is 2.44. The molecule has 1 heterocycles. The van der Waals surface area contributed by atoms with Crippen LogP contribution in [-0.4, -0.2) is 66.9 Å². The topological polar surface area (TPSA) is 78.7 Å². The molecule has 1 rings (SSSR count). The molecular weight excluding hydrogens is 256 g/mol. The second-order valence-electron chi connectivity index (χ2n) is 5.60. The number of carbonyl (C=O) groups is 2. The highest BCUT2D eigenvalue weighted by molar-refractivity contribution is 5.79. The summed E-state index contributed by atoms with van der Waals surface area (Å²) in [5, 5.41) is 2.87. The standard InChI is InChI=1S/C14H28N4O2/c1-4-5-16-13(19)10-17-6-8-18(9-7-17)14(20)11(2)12(3)15/h11-12H,4-10,15H2,1-3H3,(H,16,19). The van der Waals surface area contributed by atoms with Crippen molar-refractivity contribution in [2.75, 3.05) is 39.3 Å². The maximum atomic E-state index is 12.2. The van der Waals surface area contributed by atoms with E-state index in [1.54, 1.807) is 0 Å². The third-order valence-electron chi connectivity index (χ3n) is 3.80. The van der Waals surface area contributed by atoms with Gasteiger partial charge < -0.3 is 16.0 Å². The Labute approximate surface area is 121 Å². The van der Waals surface area contributed by atoms with E-state index in [0.29, 0.717) is 19.6 Å². The summed E-state index contributed by atoms with van der Waals surface area (Å²) in [6.45, 7) is 9.76. The molecule has 3 N–H and O–H groups in total. The van der Waals surface area contributed by atoms with E-state index in [1.807, 2.05) is 25.7 Å². The van der Waals surface area contributed by atoms with Crippen LogP contribution in [0, 0.1) is 5.92 Å². The molecule has 0 aromatic rings. The highest BCUT2D eigenvalue weighted by Crippen LogP contribution is 2.09. The SMILES string of the molecule is CCCNC(=O)CN1CCN(C(=O)C(C)C(C)N)CC1. The van der Waals surface area contributed by atoms with Crippen LogP contribution in [-0.2, 0) is 9.59 Å². The van der Waals surface area contributed by atoms with E-state index < -0.39 is 0 Å². The summed E-state index contributed by atoms with van der Waals surface area (Å²) < 4.78 is 0. The Hall–Kier alpha value is -1.14. The lowest BCUT2D eigenvalue weighted by atomic mass is 10.0. The Kier molecular flexibility index (Phi) is 6.95. The number of amides is 2. The molecule has 2 amide bonds. The third-order valence-corrected chi connectivity index (χ3v) is 3.80. The summed E-state index contributed by atoms with van der Waals surface area (Å²) in [6, 6.07) is -0.125. The van der Waals surface area contributed by atoms with Gasteiger partial charge in [0.05, 0.1) is 12.5 Å². The number of hydrogen-bond donors (Lipinski definition) is 2. The van der Waals surface area contributed by atoms with Gasteiger partial charge in [-0.2, -0.15) is 0 Å². The number of rotatable bonds is 6. The van der Waals surface area contributed by atoms with E-state index in [2.05, 4.69) is 10.2 Å². The molecule has 0 aromatic heterocycles. The average molecular weight is 284 g/mol. The van der Waals surface area contributed by atoms with Crippen molar-refractivity contribution < 1.29 is 9.59 Å². The molecule has 0 bridgehead atoms. The van der Waals surface area contributed by atoms with Gasteiger partial charge in [-0.1, -0.05) is 13.8 Å². The van der Waals surface area contributed by atoms with Crippen molar-refractivity contribution in [3.05, 3.63) is 0 Å². The van der Waals surface area contributed by atoms with E-state index in [9.17, 15) is 9.59 Å². The first-order chi connectivity index (χ1) is 9.45. The third kappa shape index (κ3) is 5.09. The van der Waals surface area contributed by atoms with Gasteiger partial charge in [-0.25, -0.2) is 0 Å². The van der Waals surface area contributed by atoms with Gasteiger partial charge in [-0.05, 0) is 13.3 Å². The normalized spacial score (nSPS) is 19.5. The van der Waals surface area contributed by atoms with Crippen molar-refractivity contribution in [1.82, 2.24) is 15.1 Å². The molecule has 1 aliphatic heterocycles. The van der Waals surface area contributed by atoms with E-state index >= 15 is 0 Å². The lowest BCUT2D eigenvalue weighted by Crippen LogP contribution is -2.53. The van der Waals surface area contributed by atoms with Crippen molar-refractivity contribution >= 4 is 11.8 Å². The maximum Gasteiger partial charge on any atom is 0.234 e. The Morgan fingerprint density at radius 2 is 1.80 bits per heavy atom. The van der Waals surface area contributed by atoms with E-state index in [1.165, 1.54) is 0 Å². The Balaban J connectivity index is 2.33. The van der Waals surface area contributed by atoms with Crippen molar-refractivity contribution in [3.63, 3.8) is 0 Å². The molecule has 2 unspecified atom stereocenters. The van der Waals surface area contributed by atoms with Crippen LogP contribution in [0.4, 0.5) is 0 Å². The largest absolute Gasteiger partial charge is 0.355 e. The molecule has 1 fully saturated rings. The minimum atomic E-state index is -0.144. The fourth-order valence-electron chi connectivity index (χ4n) is 2.16. The molecule has 1 saturated heterocycles. The van der Waals surface area contributed by atoms with Crippen molar-refractivity contribution in [2.45, 2.75) is 33.2 Å². The predicted octanol–water partition coefficient (Wildman–Crippen LogP) is -0.360. The van der Waals surface area contributed by atoms with Crippen LogP contribution in [0.3, 0.4) is 0 Å². The number of nitrogens with one attached hydrogen (secondary N) is 1. The van der Waals surface area contributed by atoms with Gasteiger partial charge in [-0.15, -0.1) is 0 Å². The van der Waals surface area contributed by atoms with Gasteiger partial charge >= 0.3 is 0 Å². The highest BCUT2D eigenvalue weighted by atomic mass is 16.2. The van der Waals surface area contributed by atoms with Crippen LogP contribution in [0.15, 0.2) is 0 Å². The van der Waals surface area contributed by atoms with Crippen molar-refractivity contribution in [3.8, 4) is 0 Å². The first-order valence-corrected chi connectivity index (χ1v) is 7.49. The lowest BCUT2D eigenvalue weighted by molar-refractivity contribution is -0.137. The summed E-state index contributed by atoms with van der Waals surface area (Å²) in [5.41, 5.74) is 5.77. The lowest BCUT2D eigenvalue weighted by Gasteiger charge is -2.36. The van der Waals surface area contributed by atoms with Crippen LogP contribution >= 0.6 is 0 Å². The monoisotopic (exact) mass is 284 g/mol. The first-order valence-electron chi connectivity index (χ1n) is 7.49. The molecule has 2 atom stereocenters. The molecule has 116 valence electrons. The van der Waals surface area contributed by atoms with Crippen LogP contribution in [0.5, 0.6) is 0 Å². The van der Waals surface area contributed by atoms with Crippen LogP contribution in [0.2, 0.25) is 0 Å². The summed E-state index contributed by atoms with van der Waals surface area (Å²) in [4.78, 5) is 27.7.